The molecule has 0 radical (unpaired) electrons. The smallest absolute Gasteiger partial charge is 0.0625 e. The van der Waals surface area contributed by atoms with Gasteiger partial charge >= 0.3 is 0 Å². The van der Waals surface area contributed by atoms with Crippen molar-refractivity contribution in [2.45, 2.75) is 32.7 Å². The molecular formula is C16H22IN3. The second kappa shape index (κ2) is 7.22. The van der Waals surface area contributed by atoms with Gasteiger partial charge in [-0.1, -0.05) is 26.0 Å². The zero-order chi connectivity index (χ0) is 14.5. The predicted molar refractivity (Wildman–Crippen MR) is 91.9 cm³/mol. The van der Waals surface area contributed by atoms with E-state index in [1.165, 1.54) is 14.8 Å². The molecule has 20 heavy (non-hydrogen) atoms. The van der Waals surface area contributed by atoms with Gasteiger partial charge in [-0.2, -0.15) is 5.10 Å². The highest BCUT2D eigenvalue weighted by atomic mass is 127. The third-order valence-electron chi connectivity index (χ3n) is 3.49. The lowest BCUT2D eigenvalue weighted by Gasteiger charge is -2.18. The summed E-state index contributed by atoms with van der Waals surface area (Å²) in [6, 6.07) is 11.3. The number of halogens is 1. The molecule has 0 aliphatic rings. The van der Waals surface area contributed by atoms with Crippen molar-refractivity contribution in [3.05, 3.63) is 50.9 Å². The van der Waals surface area contributed by atoms with Gasteiger partial charge in [-0.05, 0) is 65.7 Å². The van der Waals surface area contributed by atoms with Crippen LogP contribution in [0.25, 0.3) is 0 Å². The Morgan fingerprint density at radius 1 is 1.25 bits per heavy atom. The molecule has 1 aromatic carbocycles. The molecule has 1 aromatic heterocycles. The zero-order valence-electron chi connectivity index (χ0n) is 12.4. The van der Waals surface area contributed by atoms with E-state index in [4.69, 9.17) is 0 Å². The molecule has 0 bridgehead atoms. The number of aromatic nitrogens is 2. The molecule has 0 aliphatic carbocycles. The van der Waals surface area contributed by atoms with Crippen molar-refractivity contribution in [1.29, 1.82) is 0 Å². The van der Waals surface area contributed by atoms with Crippen molar-refractivity contribution in [3.8, 4) is 0 Å². The molecule has 2 aromatic rings. The fourth-order valence-electron chi connectivity index (χ4n) is 2.43. The Hall–Kier alpha value is -0.880. The predicted octanol–water partition coefficient (Wildman–Crippen LogP) is 3.48. The maximum absolute atomic E-state index is 4.56. The second-order valence-corrected chi connectivity index (χ2v) is 6.22. The van der Waals surface area contributed by atoms with E-state index in [2.05, 4.69) is 77.2 Å². The van der Waals surface area contributed by atoms with Crippen molar-refractivity contribution in [3.63, 3.8) is 0 Å². The first-order valence-corrected chi connectivity index (χ1v) is 8.22. The lowest BCUT2D eigenvalue weighted by molar-refractivity contribution is 0.507. The van der Waals surface area contributed by atoms with Gasteiger partial charge in [0.15, 0.2) is 0 Å². The minimum atomic E-state index is 0.317. The van der Waals surface area contributed by atoms with E-state index in [1.807, 2.05) is 11.7 Å². The average Bonchev–Trinajstić information content (AvgIpc) is 2.82. The Morgan fingerprint density at radius 2 is 1.95 bits per heavy atom. The standard InChI is InChI=1S/C16H22IN3/c1-4-14-11-16(20(3)19-14)15(18-5-2)10-12-6-8-13(17)9-7-12/h6-9,11,15,18H,4-5,10H2,1-3H3. The summed E-state index contributed by atoms with van der Waals surface area (Å²) in [6.45, 7) is 5.26. The minimum absolute atomic E-state index is 0.317. The van der Waals surface area contributed by atoms with Gasteiger partial charge in [0.05, 0.1) is 17.4 Å². The fraction of sp³-hybridized carbons (Fsp3) is 0.438. The second-order valence-electron chi connectivity index (χ2n) is 4.98. The first kappa shape index (κ1) is 15.5. The maximum Gasteiger partial charge on any atom is 0.0625 e. The van der Waals surface area contributed by atoms with Crippen LogP contribution in [0.3, 0.4) is 0 Å². The van der Waals surface area contributed by atoms with Crippen molar-refractivity contribution in [1.82, 2.24) is 15.1 Å². The summed E-state index contributed by atoms with van der Waals surface area (Å²) in [4.78, 5) is 0. The van der Waals surface area contributed by atoms with Crippen LogP contribution in [0.2, 0.25) is 0 Å². The summed E-state index contributed by atoms with van der Waals surface area (Å²) < 4.78 is 3.29. The normalized spacial score (nSPS) is 12.6. The lowest BCUT2D eigenvalue weighted by Crippen LogP contribution is -2.25. The lowest BCUT2D eigenvalue weighted by atomic mass is 10.0. The molecule has 1 unspecified atom stereocenters. The molecule has 1 atom stereocenters. The van der Waals surface area contributed by atoms with Crippen LogP contribution >= 0.6 is 22.6 Å². The van der Waals surface area contributed by atoms with Crippen LogP contribution < -0.4 is 5.32 Å². The topological polar surface area (TPSA) is 29.9 Å². The van der Waals surface area contributed by atoms with E-state index in [0.29, 0.717) is 6.04 Å². The van der Waals surface area contributed by atoms with Gasteiger partial charge < -0.3 is 5.32 Å². The van der Waals surface area contributed by atoms with E-state index < -0.39 is 0 Å². The molecule has 1 heterocycles. The van der Waals surface area contributed by atoms with Gasteiger partial charge in [-0.3, -0.25) is 4.68 Å². The Balaban J connectivity index is 2.21. The number of benzene rings is 1. The monoisotopic (exact) mass is 383 g/mol. The summed E-state index contributed by atoms with van der Waals surface area (Å²) in [6.07, 6.45) is 1.98. The van der Waals surface area contributed by atoms with Crippen molar-refractivity contribution >= 4 is 22.6 Å². The van der Waals surface area contributed by atoms with Gasteiger partial charge in [-0.15, -0.1) is 0 Å². The summed E-state index contributed by atoms with van der Waals surface area (Å²) in [5.41, 5.74) is 3.78. The van der Waals surface area contributed by atoms with Crippen molar-refractivity contribution in [2.75, 3.05) is 6.54 Å². The number of hydrogen-bond donors (Lipinski definition) is 1. The van der Waals surface area contributed by atoms with Crippen molar-refractivity contribution in [2.24, 2.45) is 7.05 Å². The van der Waals surface area contributed by atoms with E-state index >= 15 is 0 Å². The molecule has 0 aliphatic heterocycles. The summed E-state index contributed by atoms with van der Waals surface area (Å²) in [5.74, 6) is 0. The van der Waals surface area contributed by atoms with E-state index in [9.17, 15) is 0 Å². The molecule has 4 heteroatoms. The number of nitrogens with zero attached hydrogens (tertiary/aromatic N) is 2. The summed E-state index contributed by atoms with van der Waals surface area (Å²) in [5, 5.41) is 8.14. The van der Waals surface area contributed by atoms with Crippen LogP contribution in [0, 0.1) is 3.57 Å². The molecule has 3 nitrogen and oxygen atoms in total. The van der Waals surface area contributed by atoms with E-state index in [0.717, 1.165) is 25.1 Å². The highest BCUT2D eigenvalue weighted by molar-refractivity contribution is 14.1. The molecule has 2 rings (SSSR count). The summed E-state index contributed by atoms with van der Waals surface area (Å²) >= 11 is 2.34. The Kier molecular flexibility index (Phi) is 5.60. The van der Waals surface area contributed by atoms with Gasteiger partial charge in [0.2, 0.25) is 0 Å². The van der Waals surface area contributed by atoms with Gasteiger partial charge in [0.1, 0.15) is 0 Å². The van der Waals surface area contributed by atoms with E-state index in [-0.39, 0.29) is 0 Å². The maximum atomic E-state index is 4.56. The highest BCUT2D eigenvalue weighted by Gasteiger charge is 2.16. The number of nitrogens with one attached hydrogen (secondary N) is 1. The largest absolute Gasteiger partial charge is 0.309 e. The van der Waals surface area contributed by atoms with Crippen LogP contribution in [-0.2, 0) is 19.9 Å². The van der Waals surface area contributed by atoms with Crippen LogP contribution in [0.15, 0.2) is 30.3 Å². The molecule has 108 valence electrons. The third kappa shape index (κ3) is 3.82. The van der Waals surface area contributed by atoms with Crippen LogP contribution in [0.5, 0.6) is 0 Å². The number of rotatable bonds is 6. The fourth-order valence-corrected chi connectivity index (χ4v) is 2.79. The zero-order valence-corrected chi connectivity index (χ0v) is 14.5. The number of hydrogen-bond acceptors (Lipinski definition) is 2. The first-order chi connectivity index (χ1) is 9.63. The van der Waals surface area contributed by atoms with Crippen LogP contribution in [0.1, 0.15) is 36.8 Å². The number of aryl methyl sites for hydroxylation is 2. The van der Waals surface area contributed by atoms with Gasteiger partial charge in [-0.25, -0.2) is 0 Å². The van der Waals surface area contributed by atoms with Crippen molar-refractivity contribution < 1.29 is 0 Å². The molecular weight excluding hydrogens is 361 g/mol. The SMILES string of the molecule is CCNC(Cc1ccc(I)cc1)c1cc(CC)nn1C. The Bertz CT molecular complexity index is 545. The molecule has 0 saturated carbocycles. The highest BCUT2D eigenvalue weighted by Crippen LogP contribution is 2.20. The van der Waals surface area contributed by atoms with Gasteiger partial charge in [0.25, 0.3) is 0 Å². The Labute approximate surface area is 134 Å². The molecule has 0 amide bonds. The van der Waals surface area contributed by atoms with Gasteiger partial charge in [0, 0.05) is 10.6 Å². The minimum Gasteiger partial charge on any atom is -0.309 e. The van der Waals surface area contributed by atoms with E-state index in [1.54, 1.807) is 0 Å². The molecule has 1 N–H and O–H groups in total. The summed E-state index contributed by atoms with van der Waals surface area (Å²) in [7, 11) is 2.03. The number of likely N-dealkylation sites (N-methyl/N-ethyl adjacent to an activating group) is 1. The molecule has 0 spiro atoms. The average molecular weight is 383 g/mol. The van der Waals surface area contributed by atoms with Crippen LogP contribution in [0.4, 0.5) is 0 Å². The molecule has 0 saturated heterocycles. The van der Waals surface area contributed by atoms with Crippen LogP contribution in [-0.4, -0.2) is 16.3 Å². The molecule has 0 fully saturated rings. The first-order valence-electron chi connectivity index (χ1n) is 7.14. The third-order valence-corrected chi connectivity index (χ3v) is 4.21. The Morgan fingerprint density at radius 3 is 2.50 bits per heavy atom. The quantitative estimate of drug-likeness (QED) is 0.775.